The second-order valence-electron chi connectivity index (χ2n) is 8.28. The molecule has 0 amide bonds. The Kier molecular flexibility index (Phi) is 6.58. The van der Waals surface area contributed by atoms with Crippen LogP contribution in [0.25, 0.3) is 10.9 Å². The Hall–Kier alpha value is -3.78. The summed E-state index contributed by atoms with van der Waals surface area (Å²) in [6, 6.07) is 15.3. The molecule has 182 valence electrons. The van der Waals surface area contributed by atoms with Crippen LogP contribution < -0.4 is 19.6 Å². The molecule has 0 saturated carbocycles. The van der Waals surface area contributed by atoms with E-state index in [1.807, 2.05) is 26.0 Å². The van der Waals surface area contributed by atoms with E-state index in [1.54, 1.807) is 22.8 Å². The van der Waals surface area contributed by atoms with E-state index in [-0.39, 0.29) is 15.2 Å². The number of hydrogen-bond acceptors (Lipinski definition) is 6. The van der Waals surface area contributed by atoms with E-state index in [0.717, 1.165) is 16.7 Å². The van der Waals surface area contributed by atoms with Crippen molar-refractivity contribution in [2.75, 3.05) is 21.3 Å². The van der Waals surface area contributed by atoms with E-state index < -0.39 is 15.3 Å². The quantitative estimate of drug-likeness (QED) is 0.376. The van der Waals surface area contributed by atoms with Crippen molar-refractivity contribution in [3.05, 3.63) is 87.7 Å². The van der Waals surface area contributed by atoms with Crippen molar-refractivity contribution in [2.24, 2.45) is 0 Å². The molecule has 0 bridgehead atoms. The topological polar surface area (TPSA) is 83.8 Å². The Morgan fingerprint density at radius 1 is 0.829 bits per heavy atom. The normalized spacial score (nSPS) is 11.5. The Morgan fingerprint density at radius 2 is 1.49 bits per heavy atom. The first-order valence-electron chi connectivity index (χ1n) is 10.9. The molecule has 0 unspecified atom stereocenters. The minimum absolute atomic E-state index is 0.00788. The first-order valence-corrected chi connectivity index (χ1v) is 12.4. The van der Waals surface area contributed by atoms with Gasteiger partial charge in [0.2, 0.25) is 15.3 Å². The van der Waals surface area contributed by atoms with Crippen molar-refractivity contribution in [2.45, 2.75) is 30.2 Å². The lowest BCUT2D eigenvalue weighted by Gasteiger charge is -2.17. The van der Waals surface area contributed by atoms with Gasteiger partial charge in [-0.05, 0) is 55.3 Å². The molecule has 0 aliphatic rings. The van der Waals surface area contributed by atoms with Crippen molar-refractivity contribution in [3.8, 4) is 17.2 Å². The molecule has 0 radical (unpaired) electrons. The number of sulfone groups is 1. The average molecular weight is 494 g/mol. The highest BCUT2D eigenvalue weighted by Crippen LogP contribution is 2.33. The fraction of sp³-hybridized carbons (Fsp3) is 0.222. The van der Waals surface area contributed by atoms with Gasteiger partial charge in [0.05, 0.1) is 37.1 Å². The van der Waals surface area contributed by atoms with E-state index in [0.29, 0.717) is 29.3 Å². The number of methoxy groups -OCH3 is 3. The number of aromatic nitrogens is 1. The minimum atomic E-state index is -4.12. The van der Waals surface area contributed by atoms with Crippen LogP contribution in [0.3, 0.4) is 0 Å². The van der Waals surface area contributed by atoms with Crippen molar-refractivity contribution in [1.82, 2.24) is 4.57 Å². The number of ether oxygens (including phenoxy) is 3. The van der Waals surface area contributed by atoms with Crippen molar-refractivity contribution in [3.63, 3.8) is 0 Å². The molecule has 1 heterocycles. The van der Waals surface area contributed by atoms with Gasteiger partial charge in [0.25, 0.3) is 0 Å². The molecule has 0 saturated heterocycles. The van der Waals surface area contributed by atoms with Gasteiger partial charge in [-0.3, -0.25) is 4.79 Å². The number of fused-ring (bicyclic) bond motifs is 1. The largest absolute Gasteiger partial charge is 0.497 e. The predicted molar refractivity (Wildman–Crippen MR) is 135 cm³/mol. The Labute approximate surface area is 204 Å². The fourth-order valence-electron chi connectivity index (χ4n) is 4.05. The first-order chi connectivity index (χ1) is 16.7. The minimum Gasteiger partial charge on any atom is -0.497 e. The number of aryl methyl sites for hydroxylation is 2. The third-order valence-corrected chi connectivity index (χ3v) is 7.82. The van der Waals surface area contributed by atoms with E-state index in [9.17, 15) is 13.2 Å². The zero-order valence-corrected chi connectivity index (χ0v) is 21.1. The van der Waals surface area contributed by atoms with Gasteiger partial charge in [-0.25, -0.2) is 8.42 Å². The van der Waals surface area contributed by atoms with Crippen LogP contribution in [0.5, 0.6) is 17.2 Å². The third kappa shape index (κ3) is 4.49. The second-order valence-corrected chi connectivity index (χ2v) is 10.2. The highest BCUT2D eigenvalue weighted by atomic mass is 32.2. The Bertz CT molecular complexity index is 1570. The molecule has 0 atom stereocenters. The molecule has 8 heteroatoms. The Morgan fingerprint density at radius 3 is 2.11 bits per heavy atom. The molecule has 35 heavy (non-hydrogen) atoms. The monoisotopic (exact) mass is 493 g/mol. The molecule has 0 aliphatic carbocycles. The van der Waals surface area contributed by atoms with E-state index in [1.165, 1.54) is 45.7 Å². The molecule has 4 rings (SSSR count). The van der Waals surface area contributed by atoms with Gasteiger partial charge in [-0.15, -0.1) is 0 Å². The summed E-state index contributed by atoms with van der Waals surface area (Å²) in [5.74, 6) is 1.31. The summed E-state index contributed by atoms with van der Waals surface area (Å²) in [5.41, 5.74) is 3.09. The van der Waals surface area contributed by atoms with Crippen molar-refractivity contribution in [1.29, 1.82) is 0 Å². The maximum atomic E-state index is 13.6. The summed E-state index contributed by atoms with van der Waals surface area (Å²) in [5, 5.41) is 0.225. The average Bonchev–Trinajstić information content (AvgIpc) is 2.86. The van der Waals surface area contributed by atoms with Gasteiger partial charge in [0.15, 0.2) is 11.5 Å². The lowest BCUT2D eigenvalue weighted by Crippen LogP contribution is -2.20. The maximum Gasteiger partial charge on any atom is 0.211 e. The van der Waals surface area contributed by atoms with Crippen LogP contribution in [0.2, 0.25) is 0 Å². The smallest absolute Gasteiger partial charge is 0.211 e. The van der Waals surface area contributed by atoms with Gasteiger partial charge >= 0.3 is 0 Å². The Balaban J connectivity index is 2.02. The lowest BCUT2D eigenvalue weighted by molar-refractivity contribution is 0.355. The molecule has 7 nitrogen and oxygen atoms in total. The highest BCUT2D eigenvalue weighted by molar-refractivity contribution is 7.91. The predicted octanol–water partition coefficient (Wildman–Crippen LogP) is 4.53. The van der Waals surface area contributed by atoms with Gasteiger partial charge in [-0.2, -0.15) is 0 Å². The summed E-state index contributed by atoms with van der Waals surface area (Å²) in [4.78, 5) is 13.2. The van der Waals surface area contributed by atoms with Crippen LogP contribution in [-0.2, 0) is 16.4 Å². The lowest BCUT2D eigenvalue weighted by atomic mass is 10.1. The van der Waals surface area contributed by atoms with Crippen LogP contribution in [0, 0.1) is 13.8 Å². The zero-order chi connectivity index (χ0) is 25.3. The fourth-order valence-corrected chi connectivity index (χ4v) is 5.42. The number of benzene rings is 3. The molecule has 0 aliphatic heterocycles. The number of rotatable bonds is 7. The van der Waals surface area contributed by atoms with Crippen LogP contribution in [0.4, 0.5) is 0 Å². The molecule has 0 N–H and O–H groups in total. The molecule has 3 aromatic carbocycles. The molecule has 0 fully saturated rings. The second kappa shape index (κ2) is 9.46. The van der Waals surface area contributed by atoms with Crippen molar-refractivity contribution < 1.29 is 22.6 Å². The summed E-state index contributed by atoms with van der Waals surface area (Å²) in [6.07, 6.45) is 1.41. The molecular formula is C27H27NO6S. The molecular weight excluding hydrogens is 466 g/mol. The summed E-state index contributed by atoms with van der Waals surface area (Å²) in [6.45, 7) is 4.36. The standard InChI is InChI=1S/C27H27NO6S/c1-17-6-7-18(2)19(12-17)15-28-16-26(35(30,31)21-10-8-20(32-3)9-11-21)27(29)22-13-24(33-4)25(34-5)14-23(22)28/h6-14,16H,15H2,1-5H3. The van der Waals surface area contributed by atoms with Gasteiger partial charge in [-0.1, -0.05) is 23.8 Å². The number of hydrogen-bond donors (Lipinski definition) is 0. The SMILES string of the molecule is COc1ccc(S(=O)(=O)c2cn(Cc3cc(C)ccc3C)c3cc(OC)c(OC)cc3c2=O)cc1. The maximum absolute atomic E-state index is 13.6. The molecule has 1 aromatic heterocycles. The number of nitrogens with zero attached hydrogens (tertiary/aromatic N) is 1. The van der Waals surface area contributed by atoms with E-state index >= 15 is 0 Å². The third-order valence-electron chi connectivity index (χ3n) is 6.06. The number of pyridine rings is 1. The first kappa shape index (κ1) is 24.3. The zero-order valence-electron chi connectivity index (χ0n) is 20.3. The van der Waals surface area contributed by atoms with Gasteiger partial charge < -0.3 is 18.8 Å². The van der Waals surface area contributed by atoms with E-state index in [4.69, 9.17) is 14.2 Å². The van der Waals surface area contributed by atoms with Crippen LogP contribution in [-0.4, -0.2) is 34.3 Å². The van der Waals surface area contributed by atoms with Gasteiger partial charge in [0, 0.05) is 18.8 Å². The highest BCUT2D eigenvalue weighted by Gasteiger charge is 2.25. The van der Waals surface area contributed by atoms with Crippen LogP contribution in [0.1, 0.15) is 16.7 Å². The van der Waals surface area contributed by atoms with Crippen molar-refractivity contribution >= 4 is 20.7 Å². The van der Waals surface area contributed by atoms with Gasteiger partial charge in [0.1, 0.15) is 10.6 Å². The van der Waals surface area contributed by atoms with E-state index in [2.05, 4.69) is 6.07 Å². The summed E-state index contributed by atoms with van der Waals surface area (Å²) >= 11 is 0. The van der Waals surface area contributed by atoms with Crippen LogP contribution in [0.15, 0.2) is 75.4 Å². The molecule has 0 spiro atoms. The summed E-state index contributed by atoms with van der Waals surface area (Å²) < 4.78 is 44.9. The summed E-state index contributed by atoms with van der Waals surface area (Å²) in [7, 11) is 0.367. The van der Waals surface area contributed by atoms with Crippen LogP contribution >= 0.6 is 0 Å². The molecule has 4 aromatic rings.